The number of hydrogen-bond donors (Lipinski definition) is 1. The monoisotopic (exact) mass is 186 g/mol. The number of aliphatic hydroxyl groups is 1. The first-order valence-corrected chi connectivity index (χ1v) is 5.38. The van der Waals surface area contributed by atoms with Crippen LogP contribution in [-0.2, 0) is 4.74 Å². The van der Waals surface area contributed by atoms with E-state index >= 15 is 0 Å². The van der Waals surface area contributed by atoms with E-state index in [1.165, 1.54) is 0 Å². The average molecular weight is 186 g/mol. The average Bonchev–Trinajstić information content (AvgIpc) is 2.15. The quantitative estimate of drug-likeness (QED) is 0.715. The summed E-state index contributed by atoms with van der Waals surface area (Å²) in [5.41, 5.74) is 0. The van der Waals surface area contributed by atoms with Crippen LogP contribution < -0.4 is 0 Å². The Balaban J connectivity index is 2.66. The summed E-state index contributed by atoms with van der Waals surface area (Å²) < 4.78 is 5.83. The van der Waals surface area contributed by atoms with Gasteiger partial charge >= 0.3 is 0 Å². The van der Waals surface area contributed by atoms with Crippen LogP contribution in [0.3, 0.4) is 0 Å². The van der Waals surface area contributed by atoms with Crippen LogP contribution >= 0.6 is 0 Å². The zero-order valence-electron chi connectivity index (χ0n) is 9.16. The highest BCUT2D eigenvalue weighted by atomic mass is 16.5. The molecule has 1 N–H and O–H groups in total. The zero-order chi connectivity index (χ0) is 10.0. The van der Waals surface area contributed by atoms with Gasteiger partial charge in [0.05, 0.1) is 18.8 Å². The number of ether oxygens (including phenoxy) is 1. The van der Waals surface area contributed by atoms with Crippen molar-refractivity contribution in [3.8, 4) is 0 Å². The summed E-state index contributed by atoms with van der Waals surface area (Å²) in [5, 5.41) is 9.15. The molecule has 2 nitrogen and oxygen atoms in total. The molecule has 0 aromatic heterocycles. The molecule has 78 valence electrons. The summed E-state index contributed by atoms with van der Waals surface area (Å²) in [6.45, 7) is 9.01. The molecule has 1 saturated heterocycles. The van der Waals surface area contributed by atoms with Crippen molar-refractivity contribution in [1.82, 2.24) is 0 Å². The van der Waals surface area contributed by atoms with Gasteiger partial charge in [-0.2, -0.15) is 0 Å². The third-order valence-corrected chi connectivity index (χ3v) is 3.76. The SMILES string of the molecule is CCC1O[C@@H](CO)C(C)C(C)[C@H]1C. The maximum atomic E-state index is 9.15. The van der Waals surface area contributed by atoms with E-state index in [-0.39, 0.29) is 12.7 Å². The maximum Gasteiger partial charge on any atom is 0.0837 e. The van der Waals surface area contributed by atoms with Gasteiger partial charge in [-0.1, -0.05) is 27.7 Å². The lowest BCUT2D eigenvalue weighted by atomic mass is 9.76. The van der Waals surface area contributed by atoms with Crippen molar-refractivity contribution in [3.05, 3.63) is 0 Å². The van der Waals surface area contributed by atoms with Crippen LogP contribution in [-0.4, -0.2) is 23.9 Å². The molecule has 0 aliphatic carbocycles. The van der Waals surface area contributed by atoms with Gasteiger partial charge in [0, 0.05) is 0 Å². The first-order valence-electron chi connectivity index (χ1n) is 5.38. The van der Waals surface area contributed by atoms with Crippen LogP contribution in [0.2, 0.25) is 0 Å². The maximum absolute atomic E-state index is 9.15. The summed E-state index contributed by atoms with van der Waals surface area (Å²) in [7, 11) is 0. The molecule has 13 heavy (non-hydrogen) atoms. The number of aliphatic hydroxyl groups excluding tert-OH is 1. The molecule has 1 fully saturated rings. The lowest BCUT2D eigenvalue weighted by Crippen LogP contribution is -2.45. The van der Waals surface area contributed by atoms with Gasteiger partial charge < -0.3 is 9.84 Å². The van der Waals surface area contributed by atoms with E-state index < -0.39 is 0 Å². The summed E-state index contributed by atoms with van der Waals surface area (Å²) in [4.78, 5) is 0. The van der Waals surface area contributed by atoms with E-state index in [4.69, 9.17) is 9.84 Å². The Kier molecular flexibility index (Phi) is 3.74. The van der Waals surface area contributed by atoms with Crippen molar-refractivity contribution in [1.29, 1.82) is 0 Å². The summed E-state index contributed by atoms with van der Waals surface area (Å²) in [5.74, 6) is 1.74. The molecule has 0 aromatic carbocycles. The molecule has 0 radical (unpaired) electrons. The molecule has 0 bridgehead atoms. The molecule has 0 amide bonds. The van der Waals surface area contributed by atoms with Crippen molar-refractivity contribution >= 4 is 0 Å². The summed E-state index contributed by atoms with van der Waals surface area (Å²) in [6, 6.07) is 0. The smallest absolute Gasteiger partial charge is 0.0837 e. The molecule has 1 aliphatic heterocycles. The Bertz CT molecular complexity index is 138. The molecular weight excluding hydrogens is 164 g/mol. The molecule has 0 aromatic rings. The molecule has 1 rings (SSSR count). The molecule has 1 aliphatic rings. The van der Waals surface area contributed by atoms with E-state index in [0.717, 1.165) is 6.42 Å². The second-order valence-electron chi connectivity index (χ2n) is 4.38. The Hall–Kier alpha value is -0.0800. The lowest BCUT2D eigenvalue weighted by molar-refractivity contribution is -0.148. The van der Waals surface area contributed by atoms with Crippen LogP contribution in [0.5, 0.6) is 0 Å². The van der Waals surface area contributed by atoms with E-state index in [2.05, 4.69) is 27.7 Å². The first-order chi connectivity index (χ1) is 6.11. The normalized spacial score (nSPS) is 46.4. The van der Waals surface area contributed by atoms with Crippen LogP contribution in [0.4, 0.5) is 0 Å². The van der Waals surface area contributed by atoms with Gasteiger partial charge in [0.2, 0.25) is 0 Å². The highest BCUT2D eigenvalue weighted by Crippen LogP contribution is 2.35. The largest absolute Gasteiger partial charge is 0.394 e. The van der Waals surface area contributed by atoms with Crippen LogP contribution in [0.25, 0.3) is 0 Å². The zero-order valence-corrected chi connectivity index (χ0v) is 9.16. The fraction of sp³-hybridized carbons (Fsp3) is 1.00. The van der Waals surface area contributed by atoms with Crippen molar-refractivity contribution in [2.75, 3.05) is 6.61 Å². The van der Waals surface area contributed by atoms with Crippen molar-refractivity contribution in [3.63, 3.8) is 0 Å². The molecule has 0 saturated carbocycles. The van der Waals surface area contributed by atoms with Gasteiger partial charge in [-0.25, -0.2) is 0 Å². The molecular formula is C11H22O2. The van der Waals surface area contributed by atoms with E-state index in [9.17, 15) is 0 Å². The minimum absolute atomic E-state index is 0.0520. The third-order valence-electron chi connectivity index (χ3n) is 3.76. The van der Waals surface area contributed by atoms with Crippen molar-refractivity contribution in [2.24, 2.45) is 17.8 Å². The van der Waals surface area contributed by atoms with Crippen molar-refractivity contribution < 1.29 is 9.84 Å². The topological polar surface area (TPSA) is 29.5 Å². The highest BCUT2D eigenvalue weighted by molar-refractivity contribution is 4.84. The van der Waals surface area contributed by atoms with Crippen molar-refractivity contribution in [2.45, 2.75) is 46.3 Å². The number of hydrogen-bond acceptors (Lipinski definition) is 2. The van der Waals surface area contributed by atoms with Gasteiger partial charge in [0.1, 0.15) is 0 Å². The molecule has 5 atom stereocenters. The Morgan fingerprint density at radius 2 is 1.54 bits per heavy atom. The summed E-state index contributed by atoms with van der Waals surface area (Å²) >= 11 is 0. The second-order valence-corrected chi connectivity index (χ2v) is 4.38. The van der Waals surface area contributed by atoms with Crippen LogP contribution in [0.1, 0.15) is 34.1 Å². The van der Waals surface area contributed by atoms with Gasteiger partial charge in [0.25, 0.3) is 0 Å². The van der Waals surface area contributed by atoms with Gasteiger partial charge in [-0.3, -0.25) is 0 Å². The third kappa shape index (κ3) is 2.05. The second kappa shape index (κ2) is 4.43. The first kappa shape index (κ1) is 11.0. The van der Waals surface area contributed by atoms with Gasteiger partial charge in [0.15, 0.2) is 0 Å². The predicted octanol–water partition coefficient (Wildman–Crippen LogP) is 2.06. The lowest BCUT2D eigenvalue weighted by Gasteiger charge is -2.43. The Labute approximate surface area is 81.3 Å². The molecule has 3 unspecified atom stereocenters. The van der Waals surface area contributed by atoms with Crippen LogP contribution in [0.15, 0.2) is 0 Å². The number of rotatable bonds is 2. The summed E-state index contributed by atoms with van der Waals surface area (Å²) in [6.07, 6.45) is 1.44. The highest BCUT2D eigenvalue weighted by Gasteiger charge is 2.37. The Morgan fingerprint density at radius 1 is 1.00 bits per heavy atom. The molecule has 0 spiro atoms. The molecule has 2 heteroatoms. The standard InChI is InChI=1S/C11H22O2/c1-5-10-8(3)7(2)9(4)11(6-12)13-10/h7-12H,5-6H2,1-4H3/t7?,8-,9?,10?,11+/m1/s1. The van der Waals surface area contributed by atoms with E-state index in [0.29, 0.717) is 23.9 Å². The van der Waals surface area contributed by atoms with Crippen LogP contribution in [0, 0.1) is 17.8 Å². The molecule has 1 heterocycles. The predicted molar refractivity (Wildman–Crippen MR) is 53.5 cm³/mol. The Morgan fingerprint density at radius 3 is 2.00 bits per heavy atom. The van der Waals surface area contributed by atoms with Gasteiger partial charge in [-0.05, 0) is 24.2 Å². The van der Waals surface area contributed by atoms with E-state index in [1.807, 2.05) is 0 Å². The fourth-order valence-electron chi connectivity index (χ4n) is 2.31. The fourth-order valence-corrected chi connectivity index (χ4v) is 2.31. The van der Waals surface area contributed by atoms with E-state index in [1.54, 1.807) is 0 Å². The van der Waals surface area contributed by atoms with Gasteiger partial charge in [-0.15, -0.1) is 0 Å². The minimum atomic E-state index is 0.0520. The minimum Gasteiger partial charge on any atom is -0.394 e.